The third-order valence-electron chi connectivity index (χ3n) is 5.80. The minimum absolute atomic E-state index is 0.521. The number of carboxylic acids is 1. The Morgan fingerprint density at radius 1 is 1.14 bits per heavy atom. The molecule has 3 aromatic carbocycles. The number of aliphatic imine (C=N–C) groups is 1. The Hall–Kier alpha value is -4.37. The lowest BCUT2D eigenvalue weighted by Crippen LogP contribution is -2.22. The first-order valence-corrected chi connectivity index (χ1v) is 11.1. The minimum atomic E-state index is -1.21. The molecule has 1 aromatic heterocycles. The highest BCUT2D eigenvalue weighted by Gasteiger charge is 2.16. The fraction of sp³-hybridized carbons (Fsp3) is 0.192. The number of aliphatic carboxylic acids is 1. The van der Waals surface area contributed by atoms with Gasteiger partial charge in [-0.15, -0.1) is 0 Å². The van der Waals surface area contributed by atoms with Crippen molar-refractivity contribution in [3.8, 4) is 22.6 Å². The van der Waals surface area contributed by atoms with Crippen LogP contribution in [0.1, 0.15) is 11.1 Å². The van der Waals surface area contributed by atoms with Crippen molar-refractivity contribution in [3.05, 3.63) is 65.7 Å². The molecule has 3 N–H and O–H groups in total. The molecule has 0 spiro atoms. The Kier molecular flexibility index (Phi) is 6.07. The second-order valence-electron chi connectivity index (χ2n) is 8.06. The molecule has 0 radical (unpaired) electrons. The predicted octanol–water partition coefficient (Wildman–Crippen LogP) is 4.18. The van der Waals surface area contributed by atoms with Gasteiger partial charge < -0.3 is 29.5 Å². The van der Waals surface area contributed by atoms with E-state index in [2.05, 4.69) is 21.5 Å². The molecular formula is C26H23N3O6. The second-order valence-corrected chi connectivity index (χ2v) is 8.06. The van der Waals surface area contributed by atoms with Crippen LogP contribution >= 0.6 is 0 Å². The molecule has 0 unspecified atom stereocenters. The van der Waals surface area contributed by atoms with Gasteiger partial charge >= 0.3 is 5.97 Å². The maximum absolute atomic E-state index is 11.0. The highest BCUT2D eigenvalue weighted by Crippen LogP contribution is 2.37. The van der Waals surface area contributed by atoms with E-state index in [9.17, 15) is 4.79 Å². The van der Waals surface area contributed by atoms with Crippen LogP contribution in [-0.4, -0.2) is 53.4 Å². The van der Waals surface area contributed by atoms with Crippen molar-refractivity contribution in [1.82, 2.24) is 5.16 Å². The summed E-state index contributed by atoms with van der Waals surface area (Å²) in [4.78, 5) is 14.9. The topological polar surface area (TPSA) is 126 Å². The number of aliphatic hydroxyl groups excluding tert-OH is 1. The van der Waals surface area contributed by atoms with Crippen LogP contribution in [0.2, 0.25) is 0 Å². The molecular weight excluding hydrogens is 450 g/mol. The van der Waals surface area contributed by atoms with Crippen molar-refractivity contribution >= 4 is 34.7 Å². The van der Waals surface area contributed by atoms with E-state index in [-0.39, 0.29) is 0 Å². The van der Waals surface area contributed by atoms with Gasteiger partial charge in [0.2, 0.25) is 0 Å². The summed E-state index contributed by atoms with van der Waals surface area (Å²) < 4.78 is 16.9. The molecule has 178 valence electrons. The molecule has 0 aliphatic carbocycles. The van der Waals surface area contributed by atoms with Crippen LogP contribution in [0.4, 0.5) is 11.5 Å². The molecule has 1 aliphatic heterocycles. The summed E-state index contributed by atoms with van der Waals surface area (Å²) >= 11 is 0. The van der Waals surface area contributed by atoms with Gasteiger partial charge in [-0.05, 0) is 59.5 Å². The molecule has 1 aliphatic rings. The van der Waals surface area contributed by atoms with Crippen LogP contribution in [0.3, 0.4) is 0 Å². The number of hydrogen-bond donors (Lipinski definition) is 3. The van der Waals surface area contributed by atoms with Gasteiger partial charge in [0.15, 0.2) is 28.9 Å². The Bertz CT molecular complexity index is 1430. The van der Waals surface area contributed by atoms with E-state index >= 15 is 0 Å². The molecule has 1 atom stereocenters. The third kappa shape index (κ3) is 4.53. The first-order valence-electron chi connectivity index (χ1n) is 11.1. The van der Waals surface area contributed by atoms with Crippen LogP contribution in [0.25, 0.3) is 22.1 Å². The van der Waals surface area contributed by atoms with Gasteiger partial charge in [-0.1, -0.05) is 29.4 Å². The normalized spacial score (nSPS) is 13.8. The zero-order valence-corrected chi connectivity index (χ0v) is 18.9. The van der Waals surface area contributed by atoms with Gasteiger partial charge in [0.05, 0.1) is 12.0 Å². The summed E-state index contributed by atoms with van der Waals surface area (Å²) in [5.74, 6) is 0.858. The zero-order valence-electron chi connectivity index (χ0n) is 18.9. The minimum Gasteiger partial charge on any atom is -0.486 e. The van der Waals surface area contributed by atoms with Crippen molar-refractivity contribution in [3.63, 3.8) is 0 Å². The molecule has 0 saturated heterocycles. The molecule has 0 saturated carbocycles. The number of fused-ring (bicyclic) bond motifs is 2. The average Bonchev–Trinajstić information content (AvgIpc) is 3.27. The smallest absolute Gasteiger partial charge is 0.330 e. The summed E-state index contributed by atoms with van der Waals surface area (Å²) in [6.45, 7) is 2.54. The zero-order chi connectivity index (χ0) is 24.4. The van der Waals surface area contributed by atoms with Crippen molar-refractivity contribution in [2.45, 2.75) is 13.0 Å². The lowest BCUT2D eigenvalue weighted by Gasteiger charge is -2.19. The number of nitrogens with one attached hydrogen (secondary N) is 1. The number of carboxylic acid groups (broad SMARTS) is 1. The molecule has 5 rings (SSSR count). The van der Waals surface area contributed by atoms with E-state index in [4.69, 9.17) is 24.2 Å². The fourth-order valence-electron chi connectivity index (χ4n) is 3.91. The van der Waals surface area contributed by atoms with E-state index in [1.165, 1.54) is 6.21 Å². The number of benzene rings is 3. The van der Waals surface area contributed by atoms with E-state index < -0.39 is 18.6 Å². The van der Waals surface area contributed by atoms with Gasteiger partial charge in [0, 0.05) is 11.9 Å². The molecule has 4 aromatic rings. The lowest BCUT2D eigenvalue weighted by atomic mass is 9.98. The summed E-state index contributed by atoms with van der Waals surface area (Å²) in [5, 5.41) is 26.4. The summed E-state index contributed by atoms with van der Waals surface area (Å²) in [6, 6.07) is 16.0. The van der Waals surface area contributed by atoms with Gasteiger partial charge in [-0.3, -0.25) is 4.99 Å². The van der Waals surface area contributed by atoms with Crippen LogP contribution < -0.4 is 14.8 Å². The van der Waals surface area contributed by atoms with Crippen molar-refractivity contribution in [1.29, 1.82) is 0 Å². The average molecular weight is 473 g/mol. The van der Waals surface area contributed by atoms with Crippen LogP contribution in [0.5, 0.6) is 11.5 Å². The van der Waals surface area contributed by atoms with Crippen LogP contribution in [0, 0.1) is 6.92 Å². The number of aromatic nitrogens is 1. The van der Waals surface area contributed by atoms with Gasteiger partial charge in [-0.25, -0.2) is 4.79 Å². The predicted molar refractivity (Wildman–Crippen MR) is 131 cm³/mol. The Morgan fingerprint density at radius 3 is 2.77 bits per heavy atom. The number of carbonyl (C=O) groups is 1. The SMILES string of the molecule is Cc1c(Nc2noc3cc(C=N[C@@H](CO)C(=O)O)ccc23)cccc1-c1ccc2c(c1)OCCO2. The molecule has 35 heavy (non-hydrogen) atoms. The second kappa shape index (κ2) is 9.47. The highest BCUT2D eigenvalue weighted by molar-refractivity contribution is 5.95. The number of aliphatic hydroxyl groups is 1. The molecule has 9 nitrogen and oxygen atoms in total. The lowest BCUT2D eigenvalue weighted by molar-refractivity contribution is -0.139. The number of hydrogen-bond acceptors (Lipinski definition) is 8. The molecule has 0 bridgehead atoms. The number of rotatable bonds is 7. The maximum Gasteiger partial charge on any atom is 0.330 e. The fourth-order valence-corrected chi connectivity index (χ4v) is 3.91. The van der Waals surface area contributed by atoms with Crippen LogP contribution in [-0.2, 0) is 4.79 Å². The summed E-state index contributed by atoms with van der Waals surface area (Å²) in [5.41, 5.74) is 5.14. The first-order chi connectivity index (χ1) is 17.0. The number of ether oxygens (including phenoxy) is 2. The summed E-state index contributed by atoms with van der Waals surface area (Å²) in [7, 11) is 0. The molecule has 0 fully saturated rings. The largest absolute Gasteiger partial charge is 0.486 e. The van der Waals surface area contributed by atoms with Gasteiger partial charge in [-0.2, -0.15) is 0 Å². The Balaban J connectivity index is 1.40. The van der Waals surface area contributed by atoms with E-state index in [1.807, 2.05) is 43.3 Å². The Labute approximate surface area is 200 Å². The molecule has 9 heteroatoms. The van der Waals surface area contributed by atoms with Crippen LogP contribution in [0.15, 0.2) is 64.1 Å². The third-order valence-corrected chi connectivity index (χ3v) is 5.80. The monoisotopic (exact) mass is 473 g/mol. The quantitative estimate of drug-likeness (QED) is 0.341. The van der Waals surface area contributed by atoms with Gasteiger partial charge in [0.1, 0.15) is 13.2 Å². The first kappa shape index (κ1) is 22.4. The van der Waals surface area contributed by atoms with E-state index in [0.29, 0.717) is 30.2 Å². The summed E-state index contributed by atoms with van der Waals surface area (Å²) in [6.07, 6.45) is 1.39. The Morgan fingerprint density at radius 2 is 1.97 bits per heavy atom. The van der Waals surface area contributed by atoms with E-state index in [0.717, 1.165) is 39.3 Å². The maximum atomic E-state index is 11.0. The molecule has 2 heterocycles. The number of anilines is 2. The van der Waals surface area contributed by atoms with Crippen molar-refractivity contribution in [2.75, 3.05) is 25.1 Å². The van der Waals surface area contributed by atoms with Gasteiger partial charge in [0.25, 0.3) is 0 Å². The highest BCUT2D eigenvalue weighted by atomic mass is 16.6. The molecule has 0 amide bonds. The standard InChI is InChI=1S/C26H23N3O6/c1-15-18(17-6-8-22-24(12-17)34-10-9-33-22)3-2-4-20(15)28-25-19-7-5-16(11-23(19)35-29-25)13-27-21(14-30)26(31)32/h2-8,11-13,21,30H,9-10,14H2,1H3,(H,28,29)(H,31,32)/t21-/m0/s1. The van der Waals surface area contributed by atoms with Crippen molar-refractivity contribution in [2.24, 2.45) is 4.99 Å². The van der Waals surface area contributed by atoms with Crippen molar-refractivity contribution < 1.29 is 29.0 Å². The van der Waals surface area contributed by atoms with E-state index in [1.54, 1.807) is 12.1 Å². The number of nitrogens with zero attached hydrogens (tertiary/aromatic N) is 2.